The number of carbonyl (C=O) groups excluding carboxylic acids is 1. The maximum Gasteiger partial charge on any atom is 0.254 e. The fourth-order valence-corrected chi connectivity index (χ4v) is 4.41. The fourth-order valence-electron chi connectivity index (χ4n) is 4.25. The van der Waals surface area contributed by atoms with E-state index in [9.17, 15) is 9.18 Å². The van der Waals surface area contributed by atoms with E-state index < -0.39 is 0 Å². The lowest BCUT2D eigenvalue weighted by Gasteiger charge is -2.29. The van der Waals surface area contributed by atoms with Gasteiger partial charge in [0.2, 0.25) is 0 Å². The Hall–Kier alpha value is -2.40. The minimum absolute atomic E-state index is 0.136. The molecular formula is C23H25ClFN3O. The molecule has 29 heavy (non-hydrogen) atoms. The van der Waals surface area contributed by atoms with Crippen LogP contribution in [0.2, 0.25) is 5.02 Å². The number of benzene rings is 2. The first kappa shape index (κ1) is 19.9. The highest BCUT2D eigenvalue weighted by molar-refractivity contribution is 6.31. The number of fused-ring (bicyclic) bond motifs is 1. The molecule has 3 aromatic rings. The van der Waals surface area contributed by atoms with Gasteiger partial charge in [-0.25, -0.2) is 9.37 Å². The smallest absolute Gasteiger partial charge is 0.254 e. The van der Waals surface area contributed by atoms with Crippen molar-refractivity contribution in [2.24, 2.45) is 0 Å². The molecule has 0 unspecified atom stereocenters. The summed E-state index contributed by atoms with van der Waals surface area (Å²) in [6.45, 7) is 4.90. The summed E-state index contributed by atoms with van der Waals surface area (Å²) in [7, 11) is 0. The number of hydrogen-bond acceptors (Lipinski definition) is 2. The number of hydrogen-bond donors (Lipinski definition) is 0. The Morgan fingerprint density at radius 1 is 1.24 bits per heavy atom. The van der Waals surface area contributed by atoms with E-state index in [1.54, 1.807) is 19.1 Å². The predicted molar refractivity (Wildman–Crippen MR) is 114 cm³/mol. The van der Waals surface area contributed by atoms with Crippen molar-refractivity contribution in [2.45, 2.75) is 58.7 Å². The van der Waals surface area contributed by atoms with E-state index >= 15 is 0 Å². The molecule has 152 valence electrons. The van der Waals surface area contributed by atoms with E-state index in [-0.39, 0.29) is 17.8 Å². The second-order valence-electron chi connectivity index (χ2n) is 7.74. The summed E-state index contributed by atoms with van der Waals surface area (Å²) in [6.07, 6.45) is 4.16. The third kappa shape index (κ3) is 3.88. The molecule has 1 fully saturated rings. The zero-order valence-electron chi connectivity index (χ0n) is 16.8. The first-order chi connectivity index (χ1) is 14.0. The van der Waals surface area contributed by atoms with Gasteiger partial charge in [0.15, 0.2) is 0 Å². The lowest BCUT2D eigenvalue weighted by atomic mass is 10.1. The topological polar surface area (TPSA) is 38.1 Å². The van der Waals surface area contributed by atoms with Crippen LogP contribution in [0, 0.1) is 12.7 Å². The maximum atomic E-state index is 14.1. The first-order valence-corrected chi connectivity index (χ1v) is 10.6. The molecule has 1 amide bonds. The Labute approximate surface area is 175 Å². The molecular weight excluding hydrogens is 389 g/mol. The van der Waals surface area contributed by atoms with Gasteiger partial charge < -0.3 is 9.47 Å². The standard InChI is InChI=1S/C23H25ClFN3O/c1-3-27-21-13-17(24)10-11-20(21)26-22(27)14-28(18-6-4-5-7-18)23(29)16-9-8-15(2)19(25)12-16/h8-13,18H,3-7,14H2,1-2H3. The Morgan fingerprint density at radius 3 is 2.69 bits per heavy atom. The third-order valence-electron chi connectivity index (χ3n) is 5.86. The minimum Gasteiger partial charge on any atom is -0.328 e. The highest BCUT2D eigenvalue weighted by Gasteiger charge is 2.29. The van der Waals surface area contributed by atoms with Gasteiger partial charge in [0.1, 0.15) is 11.6 Å². The second kappa shape index (κ2) is 8.15. The van der Waals surface area contributed by atoms with Gasteiger partial charge >= 0.3 is 0 Å². The molecule has 6 heteroatoms. The largest absolute Gasteiger partial charge is 0.328 e. The molecule has 0 aliphatic heterocycles. The van der Waals surface area contributed by atoms with Crippen molar-refractivity contribution in [3.8, 4) is 0 Å². The highest BCUT2D eigenvalue weighted by Crippen LogP contribution is 2.28. The van der Waals surface area contributed by atoms with Gasteiger partial charge in [0.05, 0.1) is 17.6 Å². The van der Waals surface area contributed by atoms with Crippen molar-refractivity contribution in [2.75, 3.05) is 0 Å². The number of amides is 1. The molecule has 4 rings (SSSR count). The first-order valence-electron chi connectivity index (χ1n) is 10.2. The maximum absolute atomic E-state index is 14.1. The summed E-state index contributed by atoms with van der Waals surface area (Å²) in [4.78, 5) is 20.0. The summed E-state index contributed by atoms with van der Waals surface area (Å²) in [6, 6.07) is 10.5. The quantitative estimate of drug-likeness (QED) is 0.534. The Balaban J connectivity index is 1.72. The Kier molecular flexibility index (Phi) is 5.59. The lowest BCUT2D eigenvalue weighted by molar-refractivity contribution is 0.0656. The van der Waals surface area contributed by atoms with Gasteiger partial charge in [-0.3, -0.25) is 4.79 Å². The van der Waals surface area contributed by atoms with Crippen molar-refractivity contribution in [1.82, 2.24) is 14.5 Å². The fraction of sp³-hybridized carbons (Fsp3) is 0.391. The monoisotopic (exact) mass is 413 g/mol. The van der Waals surface area contributed by atoms with Crippen LogP contribution in [0.5, 0.6) is 0 Å². The van der Waals surface area contributed by atoms with Crippen molar-refractivity contribution >= 4 is 28.5 Å². The summed E-state index contributed by atoms with van der Waals surface area (Å²) in [5.41, 5.74) is 2.77. The van der Waals surface area contributed by atoms with Crippen LogP contribution < -0.4 is 0 Å². The lowest BCUT2D eigenvalue weighted by Crippen LogP contribution is -2.39. The van der Waals surface area contributed by atoms with Crippen LogP contribution in [-0.2, 0) is 13.1 Å². The number of carbonyl (C=O) groups is 1. The van der Waals surface area contributed by atoms with Gasteiger partial charge in [-0.05, 0) is 62.6 Å². The van der Waals surface area contributed by atoms with Crippen LogP contribution in [0.4, 0.5) is 4.39 Å². The Bertz CT molecular complexity index is 1060. The molecule has 0 bridgehead atoms. The predicted octanol–water partition coefficient (Wildman–Crippen LogP) is 5.74. The number of aromatic nitrogens is 2. The summed E-state index contributed by atoms with van der Waals surface area (Å²) < 4.78 is 16.2. The van der Waals surface area contributed by atoms with Gasteiger partial charge in [0.25, 0.3) is 5.91 Å². The van der Waals surface area contributed by atoms with E-state index in [4.69, 9.17) is 16.6 Å². The normalized spacial score (nSPS) is 14.6. The number of imidazole rings is 1. The molecule has 0 saturated heterocycles. The molecule has 1 aliphatic rings. The van der Waals surface area contributed by atoms with E-state index in [1.165, 1.54) is 6.07 Å². The van der Waals surface area contributed by atoms with Crippen LogP contribution >= 0.6 is 11.6 Å². The average Bonchev–Trinajstić information content (AvgIpc) is 3.35. The van der Waals surface area contributed by atoms with E-state index in [0.717, 1.165) is 49.1 Å². The number of nitrogens with zero attached hydrogens (tertiary/aromatic N) is 3. The van der Waals surface area contributed by atoms with Crippen LogP contribution in [0.3, 0.4) is 0 Å². The van der Waals surface area contributed by atoms with Gasteiger partial charge in [0, 0.05) is 23.2 Å². The molecule has 1 heterocycles. The number of halogens is 2. The average molecular weight is 414 g/mol. The van der Waals surface area contributed by atoms with Crippen LogP contribution in [0.25, 0.3) is 11.0 Å². The van der Waals surface area contributed by atoms with Crippen LogP contribution in [0.1, 0.15) is 54.4 Å². The van der Waals surface area contributed by atoms with E-state index in [2.05, 4.69) is 11.5 Å². The zero-order chi connectivity index (χ0) is 20.5. The minimum atomic E-state index is -0.349. The highest BCUT2D eigenvalue weighted by atomic mass is 35.5. The van der Waals surface area contributed by atoms with Crippen molar-refractivity contribution < 1.29 is 9.18 Å². The molecule has 1 aliphatic carbocycles. The second-order valence-corrected chi connectivity index (χ2v) is 8.18. The molecule has 4 nitrogen and oxygen atoms in total. The summed E-state index contributed by atoms with van der Waals surface area (Å²) >= 11 is 6.18. The molecule has 2 aromatic carbocycles. The molecule has 0 spiro atoms. The molecule has 0 N–H and O–H groups in total. The van der Waals surface area contributed by atoms with Crippen molar-refractivity contribution in [3.63, 3.8) is 0 Å². The summed E-state index contributed by atoms with van der Waals surface area (Å²) in [5, 5.41) is 0.664. The molecule has 1 saturated carbocycles. The van der Waals surface area contributed by atoms with E-state index in [0.29, 0.717) is 22.7 Å². The van der Waals surface area contributed by atoms with Gasteiger partial charge in [-0.2, -0.15) is 0 Å². The number of rotatable bonds is 5. The molecule has 0 atom stereocenters. The summed E-state index contributed by atoms with van der Waals surface area (Å²) in [5.74, 6) is 0.346. The zero-order valence-corrected chi connectivity index (χ0v) is 17.5. The molecule has 0 radical (unpaired) electrons. The number of aryl methyl sites for hydroxylation is 2. The van der Waals surface area contributed by atoms with Crippen molar-refractivity contribution in [3.05, 3.63) is 64.2 Å². The molecule has 1 aromatic heterocycles. The van der Waals surface area contributed by atoms with Gasteiger partial charge in [-0.15, -0.1) is 0 Å². The van der Waals surface area contributed by atoms with Gasteiger partial charge in [-0.1, -0.05) is 30.5 Å². The van der Waals surface area contributed by atoms with Crippen molar-refractivity contribution in [1.29, 1.82) is 0 Å². The SMILES string of the molecule is CCn1c(CN(C(=O)c2ccc(C)c(F)c2)C2CCCC2)nc2ccc(Cl)cc21. The van der Waals surface area contributed by atoms with E-state index in [1.807, 2.05) is 23.1 Å². The third-order valence-corrected chi connectivity index (χ3v) is 6.10. The van der Waals surface area contributed by atoms with Crippen LogP contribution in [-0.4, -0.2) is 26.4 Å². The Morgan fingerprint density at radius 2 is 2.00 bits per heavy atom. The van der Waals surface area contributed by atoms with Crippen LogP contribution in [0.15, 0.2) is 36.4 Å².